The molecule has 144 valence electrons. The fourth-order valence-corrected chi connectivity index (χ4v) is 3.20. The number of benzene rings is 1. The molecular weight excluding hydrogens is 358 g/mol. The molecule has 0 atom stereocenters. The molecule has 6 heteroatoms. The minimum absolute atomic E-state index is 0.0620. The fraction of sp³-hybridized carbons (Fsp3) is 0.381. The van der Waals surface area contributed by atoms with E-state index in [1.165, 1.54) is 30.6 Å². The van der Waals surface area contributed by atoms with E-state index in [0.717, 1.165) is 18.4 Å². The van der Waals surface area contributed by atoms with Gasteiger partial charge in [0.2, 0.25) is 5.91 Å². The Morgan fingerprint density at radius 1 is 1.07 bits per heavy atom. The van der Waals surface area contributed by atoms with Gasteiger partial charge in [0.15, 0.2) is 0 Å². The Kier molecular flexibility index (Phi) is 8.71. The lowest BCUT2D eigenvalue weighted by Gasteiger charge is -2.07. The molecule has 2 aromatic rings. The van der Waals surface area contributed by atoms with Crippen molar-refractivity contribution in [2.24, 2.45) is 5.10 Å². The Morgan fingerprint density at radius 3 is 2.63 bits per heavy atom. The number of amides is 2. The summed E-state index contributed by atoms with van der Waals surface area (Å²) in [6, 6.07) is 11.1. The minimum Gasteiger partial charge on any atom is -0.321 e. The zero-order valence-corrected chi connectivity index (χ0v) is 16.8. The molecular formula is C21H27N3O2S. The van der Waals surface area contributed by atoms with Crippen molar-refractivity contribution >= 4 is 34.6 Å². The summed E-state index contributed by atoms with van der Waals surface area (Å²) in [4.78, 5) is 24.7. The number of hydrogen-bond donors (Lipinski definition) is 2. The molecule has 0 fully saturated rings. The van der Waals surface area contributed by atoms with Crippen molar-refractivity contribution in [3.8, 4) is 0 Å². The lowest BCUT2D eigenvalue weighted by molar-refractivity contribution is -0.121. The van der Waals surface area contributed by atoms with Crippen LogP contribution in [0.4, 0.5) is 5.69 Å². The third kappa shape index (κ3) is 7.35. The molecule has 0 bridgehead atoms. The number of carbonyl (C=O) groups is 2. The van der Waals surface area contributed by atoms with Gasteiger partial charge in [-0.25, -0.2) is 5.43 Å². The standard InChI is InChI=1S/C21H27N3O2S/c1-3-4-5-6-7-13-20(25)24-23-16(2)17-10-8-11-18(15-17)22-21(26)19-12-9-14-27-19/h8-12,14-15H,3-7,13H2,1-2H3,(H,22,26)(H,24,25)/b23-16+. The van der Waals surface area contributed by atoms with E-state index in [0.29, 0.717) is 22.7 Å². The lowest BCUT2D eigenvalue weighted by atomic mass is 10.1. The number of carbonyl (C=O) groups excluding carboxylic acids is 2. The van der Waals surface area contributed by atoms with Gasteiger partial charge < -0.3 is 5.32 Å². The Hall–Kier alpha value is -2.47. The number of nitrogens with zero attached hydrogens (tertiary/aromatic N) is 1. The zero-order chi connectivity index (χ0) is 19.5. The topological polar surface area (TPSA) is 70.6 Å². The van der Waals surface area contributed by atoms with Gasteiger partial charge in [-0.15, -0.1) is 11.3 Å². The van der Waals surface area contributed by atoms with Gasteiger partial charge in [0.05, 0.1) is 10.6 Å². The van der Waals surface area contributed by atoms with Crippen molar-refractivity contribution in [3.05, 3.63) is 52.2 Å². The van der Waals surface area contributed by atoms with Crippen LogP contribution in [0.25, 0.3) is 0 Å². The summed E-state index contributed by atoms with van der Waals surface area (Å²) in [5, 5.41) is 8.93. The van der Waals surface area contributed by atoms with E-state index in [4.69, 9.17) is 0 Å². The predicted octanol–water partition coefficient (Wildman–Crippen LogP) is 5.20. The first kappa shape index (κ1) is 20.8. The molecule has 27 heavy (non-hydrogen) atoms. The van der Waals surface area contributed by atoms with Gasteiger partial charge in [0.25, 0.3) is 5.91 Å². The molecule has 0 aliphatic heterocycles. The number of thiophene rings is 1. The third-order valence-corrected chi connectivity index (χ3v) is 5.01. The Labute approximate surface area is 164 Å². The van der Waals surface area contributed by atoms with E-state index < -0.39 is 0 Å². The number of nitrogens with one attached hydrogen (secondary N) is 2. The van der Waals surface area contributed by atoms with Crippen LogP contribution in [0.5, 0.6) is 0 Å². The first-order valence-corrected chi connectivity index (χ1v) is 10.3. The van der Waals surface area contributed by atoms with E-state index in [1.54, 1.807) is 6.07 Å². The van der Waals surface area contributed by atoms with Crippen LogP contribution in [0.1, 0.15) is 67.6 Å². The highest BCUT2D eigenvalue weighted by atomic mass is 32.1. The van der Waals surface area contributed by atoms with E-state index in [9.17, 15) is 9.59 Å². The van der Waals surface area contributed by atoms with Crippen molar-refractivity contribution in [2.45, 2.75) is 52.4 Å². The molecule has 0 spiro atoms. The molecule has 2 amide bonds. The molecule has 0 aliphatic carbocycles. The molecule has 0 radical (unpaired) electrons. The normalized spacial score (nSPS) is 11.3. The molecule has 0 saturated carbocycles. The van der Waals surface area contributed by atoms with Gasteiger partial charge in [-0.3, -0.25) is 9.59 Å². The third-order valence-electron chi connectivity index (χ3n) is 4.14. The number of hydrazone groups is 1. The highest BCUT2D eigenvalue weighted by molar-refractivity contribution is 7.12. The molecule has 5 nitrogen and oxygen atoms in total. The summed E-state index contributed by atoms with van der Waals surface area (Å²) in [7, 11) is 0. The van der Waals surface area contributed by atoms with E-state index >= 15 is 0 Å². The second-order valence-corrected chi connectivity index (χ2v) is 7.36. The van der Waals surface area contributed by atoms with Crippen LogP contribution < -0.4 is 10.7 Å². The fourth-order valence-electron chi connectivity index (χ4n) is 2.58. The Morgan fingerprint density at radius 2 is 1.89 bits per heavy atom. The second kappa shape index (κ2) is 11.3. The highest BCUT2D eigenvalue weighted by Crippen LogP contribution is 2.15. The van der Waals surface area contributed by atoms with E-state index in [2.05, 4.69) is 22.8 Å². The van der Waals surface area contributed by atoms with Gasteiger partial charge in [0.1, 0.15) is 0 Å². The van der Waals surface area contributed by atoms with Crippen molar-refractivity contribution in [3.63, 3.8) is 0 Å². The van der Waals surface area contributed by atoms with Crippen molar-refractivity contribution in [1.82, 2.24) is 5.43 Å². The quantitative estimate of drug-likeness (QED) is 0.335. The summed E-state index contributed by atoms with van der Waals surface area (Å²) in [5.41, 5.74) is 4.86. The SMILES string of the molecule is CCCCCCCC(=O)N/N=C(\C)c1cccc(NC(=O)c2cccs2)c1. The molecule has 1 aromatic heterocycles. The maximum atomic E-state index is 12.1. The van der Waals surface area contributed by atoms with Crippen molar-refractivity contribution < 1.29 is 9.59 Å². The highest BCUT2D eigenvalue weighted by Gasteiger charge is 2.08. The second-order valence-electron chi connectivity index (χ2n) is 6.41. The minimum atomic E-state index is -0.131. The number of rotatable bonds is 10. The van der Waals surface area contributed by atoms with E-state index in [1.807, 2.05) is 42.6 Å². The van der Waals surface area contributed by atoms with Crippen LogP contribution in [0.3, 0.4) is 0 Å². The predicted molar refractivity (Wildman–Crippen MR) is 112 cm³/mol. The van der Waals surface area contributed by atoms with Crippen molar-refractivity contribution in [1.29, 1.82) is 0 Å². The average Bonchev–Trinajstić information content (AvgIpc) is 3.21. The molecule has 1 heterocycles. The van der Waals surface area contributed by atoms with Gasteiger partial charge in [-0.1, -0.05) is 50.8 Å². The van der Waals surface area contributed by atoms with Crippen LogP contribution >= 0.6 is 11.3 Å². The lowest BCUT2D eigenvalue weighted by Crippen LogP contribution is -2.19. The van der Waals surface area contributed by atoms with Gasteiger partial charge >= 0.3 is 0 Å². The van der Waals surface area contributed by atoms with Crippen molar-refractivity contribution in [2.75, 3.05) is 5.32 Å². The maximum absolute atomic E-state index is 12.1. The molecule has 0 unspecified atom stereocenters. The van der Waals surface area contributed by atoms with Crippen LogP contribution in [-0.4, -0.2) is 17.5 Å². The van der Waals surface area contributed by atoms with Crippen LogP contribution in [0, 0.1) is 0 Å². The summed E-state index contributed by atoms with van der Waals surface area (Å²) in [6.45, 7) is 4.01. The molecule has 2 rings (SSSR count). The summed E-state index contributed by atoms with van der Waals surface area (Å²) in [5.74, 6) is -0.193. The smallest absolute Gasteiger partial charge is 0.265 e. The largest absolute Gasteiger partial charge is 0.321 e. The van der Waals surface area contributed by atoms with Crippen LogP contribution in [0.2, 0.25) is 0 Å². The van der Waals surface area contributed by atoms with Crippen LogP contribution in [0.15, 0.2) is 46.9 Å². The monoisotopic (exact) mass is 385 g/mol. The van der Waals surface area contributed by atoms with Crippen LogP contribution in [-0.2, 0) is 4.79 Å². The summed E-state index contributed by atoms with van der Waals surface area (Å²) >= 11 is 1.40. The average molecular weight is 386 g/mol. The Balaban J connectivity index is 1.86. The zero-order valence-electron chi connectivity index (χ0n) is 16.0. The van der Waals surface area contributed by atoms with Gasteiger partial charge in [-0.05, 0) is 42.5 Å². The van der Waals surface area contributed by atoms with E-state index in [-0.39, 0.29) is 11.8 Å². The number of unbranched alkanes of at least 4 members (excludes halogenated alkanes) is 4. The van der Waals surface area contributed by atoms with Gasteiger partial charge in [-0.2, -0.15) is 5.10 Å². The Bertz CT molecular complexity index is 769. The number of hydrogen-bond acceptors (Lipinski definition) is 4. The number of anilines is 1. The first-order chi connectivity index (χ1) is 13.1. The summed E-state index contributed by atoms with van der Waals surface area (Å²) < 4.78 is 0. The summed E-state index contributed by atoms with van der Waals surface area (Å²) in [6.07, 6.45) is 6.06. The molecule has 0 saturated heterocycles. The first-order valence-electron chi connectivity index (χ1n) is 9.38. The molecule has 1 aromatic carbocycles. The molecule has 2 N–H and O–H groups in total. The molecule has 0 aliphatic rings. The maximum Gasteiger partial charge on any atom is 0.265 e. The van der Waals surface area contributed by atoms with Gasteiger partial charge in [0, 0.05) is 12.1 Å².